The summed E-state index contributed by atoms with van der Waals surface area (Å²) in [6.45, 7) is 8.81. The minimum Gasteiger partial charge on any atom is -0.507 e. The van der Waals surface area contributed by atoms with Crippen LogP contribution in [0.1, 0.15) is 65.4 Å². The number of carbonyl (C=O) groups is 2. The topological polar surface area (TPSA) is 87.1 Å². The summed E-state index contributed by atoms with van der Waals surface area (Å²) in [6.07, 6.45) is 5.65. The number of imide groups is 1. The number of benzene rings is 1. The number of phenolic OH excluding ortho intramolecular Hbond substituents is 1. The summed E-state index contributed by atoms with van der Waals surface area (Å²) in [7, 11) is -0.956. The molecular formula is C28H37BBrNO5. The maximum absolute atomic E-state index is 13.4. The fourth-order valence-electron chi connectivity index (χ4n) is 6.29. The van der Waals surface area contributed by atoms with Crippen LogP contribution in [0.5, 0.6) is 5.75 Å². The van der Waals surface area contributed by atoms with Crippen LogP contribution < -0.4 is 0 Å². The van der Waals surface area contributed by atoms with Crippen molar-refractivity contribution in [1.82, 2.24) is 4.90 Å². The summed E-state index contributed by atoms with van der Waals surface area (Å²) in [5, 5.41) is 21.0. The van der Waals surface area contributed by atoms with E-state index in [2.05, 4.69) is 36.7 Å². The Balaban J connectivity index is 1.63. The van der Waals surface area contributed by atoms with E-state index >= 15 is 0 Å². The zero-order valence-electron chi connectivity index (χ0n) is 21.7. The van der Waals surface area contributed by atoms with Gasteiger partial charge in [-0.25, -0.2) is 0 Å². The van der Waals surface area contributed by atoms with Crippen LogP contribution in [0.3, 0.4) is 0 Å². The lowest BCUT2D eigenvalue weighted by molar-refractivity contribution is -0.140. The Hall–Kier alpha value is -1.90. The molecule has 8 heteroatoms. The van der Waals surface area contributed by atoms with Crippen molar-refractivity contribution in [1.29, 1.82) is 0 Å². The summed E-state index contributed by atoms with van der Waals surface area (Å²) in [5.41, 5.74) is 4.28. The van der Waals surface area contributed by atoms with Gasteiger partial charge in [0.15, 0.2) is 0 Å². The van der Waals surface area contributed by atoms with E-state index in [-0.39, 0.29) is 41.4 Å². The van der Waals surface area contributed by atoms with E-state index < -0.39 is 13.0 Å². The molecule has 2 fully saturated rings. The highest BCUT2D eigenvalue weighted by Gasteiger charge is 2.57. The molecule has 0 aromatic heterocycles. The van der Waals surface area contributed by atoms with Gasteiger partial charge in [-0.05, 0) is 74.0 Å². The first-order valence-corrected chi connectivity index (χ1v) is 14.0. The highest BCUT2D eigenvalue weighted by Crippen LogP contribution is 2.52. The van der Waals surface area contributed by atoms with Crippen molar-refractivity contribution < 1.29 is 24.4 Å². The zero-order chi connectivity index (χ0) is 26.1. The number of hydrogen-bond donors (Lipinski definition) is 2. The van der Waals surface area contributed by atoms with Gasteiger partial charge in [0.25, 0.3) is 0 Å². The molecular weight excluding hydrogens is 521 g/mol. The van der Waals surface area contributed by atoms with Gasteiger partial charge in [-0.2, -0.15) is 0 Å². The molecule has 2 saturated heterocycles. The van der Waals surface area contributed by atoms with Gasteiger partial charge in [0, 0.05) is 16.6 Å². The second-order valence-electron chi connectivity index (χ2n) is 10.6. The fourth-order valence-corrected chi connectivity index (χ4v) is 6.67. The van der Waals surface area contributed by atoms with Gasteiger partial charge < -0.3 is 14.8 Å². The highest BCUT2D eigenvalue weighted by molar-refractivity contribution is 9.10. The lowest BCUT2D eigenvalue weighted by atomic mass is 9.57. The SMILES string of the molecule is CCCN1C(=O)[C@@H]2[C@@H](CC(C(C)C)=C3[C@@H](CC/C(=C/c4cc(Br)ccc4O)CC)OB(O)C[C@@H]32)C1=O. The summed E-state index contributed by atoms with van der Waals surface area (Å²) >= 11 is 3.47. The summed E-state index contributed by atoms with van der Waals surface area (Å²) in [4.78, 5) is 28.0. The summed E-state index contributed by atoms with van der Waals surface area (Å²) < 4.78 is 7.02. The quantitative estimate of drug-likeness (QED) is 0.247. The van der Waals surface area contributed by atoms with Crippen molar-refractivity contribution in [2.75, 3.05) is 6.54 Å². The van der Waals surface area contributed by atoms with Crippen molar-refractivity contribution in [2.45, 2.75) is 72.2 Å². The van der Waals surface area contributed by atoms with Gasteiger partial charge in [0.05, 0.1) is 17.9 Å². The number of nitrogens with zero attached hydrogens (tertiary/aromatic N) is 1. The van der Waals surface area contributed by atoms with Crippen LogP contribution in [0.2, 0.25) is 6.32 Å². The molecule has 194 valence electrons. The molecule has 2 aliphatic heterocycles. The third kappa shape index (κ3) is 5.22. The Kier molecular flexibility index (Phi) is 8.47. The molecule has 0 spiro atoms. The largest absolute Gasteiger partial charge is 0.507 e. The van der Waals surface area contributed by atoms with E-state index in [9.17, 15) is 19.7 Å². The zero-order valence-corrected chi connectivity index (χ0v) is 23.3. The molecule has 0 unspecified atom stereocenters. The maximum Gasteiger partial charge on any atom is 0.455 e. The lowest BCUT2D eigenvalue weighted by Crippen LogP contribution is -2.46. The third-order valence-corrected chi connectivity index (χ3v) is 8.50. The second kappa shape index (κ2) is 11.2. The van der Waals surface area contributed by atoms with Gasteiger partial charge in [-0.15, -0.1) is 0 Å². The molecule has 36 heavy (non-hydrogen) atoms. The minimum atomic E-state index is -0.956. The van der Waals surface area contributed by atoms with Gasteiger partial charge in [-0.3, -0.25) is 14.5 Å². The average molecular weight is 558 g/mol. The number of halogens is 1. The molecule has 6 nitrogen and oxygen atoms in total. The molecule has 1 aliphatic carbocycles. The Labute approximate surface area is 223 Å². The van der Waals surface area contributed by atoms with Gasteiger partial charge in [0.1, 0.15) is 5.75 Å². The van der Waals surface area contributed by atoms with Crippen molar-refractivity contribution in [2.24, 2.45) is 23.7 Å². The van der Waals surface area contributed by atoms with E-state index in [0.29, 0.717) is 25.7 Å². The maximum atomic E-state index is 13.4. The molecule has 1 aromatic carbocycles. The van der Waals surface area contributed by atoms with E-state index in [4.69, 9.17) is 4.65 Å². The molecule has 4 atom stereocenters. The fraction of sp³-hybridized carbons (Fsp3) is 0.571. The molecule has 3 aliphatic rings. The number of allylic oxidation sites excluding steroid dienone is 2. The monoisotopic (exact) mass is 557 g/mol. The van der Waals surface area contributed by atoms with Crippen LogP contribution in [-0.4, -0.2) is 46.6 Å². The van der Waals surface area contributed by atoms with Crippen LogP contribution in [0.15, 0.2) is 39.4 Å². The van der Waals surface area contributed by atoms with Crippen LogP contribution in [0, 0.1) is 23.7 Å². The molecule has 4 rings (SSSR count). The first-order chi connectivity index (χ1) is 17.2. The number of likely N-dealkylation sites (tertiary alicyclic amines) is 1. The molecule has 0 bridgehead atoms. The lowest BCUT2D eigenvalue weighted by Gasteiger charge is -2.44. The Morgan fingerprint density at radius 1 is 1.25 bits per heavy atom. The average Bonchev–Trinajstić information content (AvgIpc) is 3.07. The number of carbonyl (C=O) groups excluding carboxylic acids is 2. The van der Waals surface area contributed by atoms with Crippen molar-refractivity contribution in [3.05, 3.63) is 45.0 Å². The summed E-state index contributed by atoms with van der Waals surface area (Å²) in [5.74, 6) is -0.563. The number of fused-ring (bicyclic) bond motifs is 3. The van der Waals surface area contributed by atoms with Crippen molar-refractivity contribution >= 4 is 40.9 Å². The molecule has 1 aromatic rings. The minimum absolute atomic E-state index is 0.0494. The smallest absolute Gasteiger partial charge is 0.455 e. The predicted molar refractivity (Wildman–Crippen MR) is 145 cm³/mol. The Morgan fingerprint density at radius 3 is 2.67 bits per heavy atom. The van der Waals surface area contributed by atoms with Crippen LogP contribution in [-0.2, 0) is 14.2 Å². The van der Waals surface area contributed by atoms with Crippen molar-refractivity contribution in [3.8, 4) is 5.75 Å². The number of amides is 2. The van der Waals surface area contributed by atoms with Gasteiger partial charge in [0.2, 0.25) is 11.8 Å². The Bertz CT molecular complexity index is 1080. The number of phenols is 1. The third-order valence-electron chi connectivity index (χ3n) is 8.01. The van der Waals surface area contributed by atoms with Gasteiger partial charge >= 0.3 is 7.12 Å². The molecule has 2 heterocycles. The number of hydrogen-bond acceptors (Lipinski definition) is 5. The Morgan fingerprint density at radius 2 is 2.00 bits per heavy atom. The van der Waals surface area contributed by atoms with E-state index in [1.807, 2.05) is 25.1 Å². The van der Waals surface area contributed by atoms with Crippen molar-refractivity contribution in [3.63, 3.8) is 0 Å². The van der Waals surface area contributed by atoms with E-state index in [1.54, 1.807) is 6.07 Å². The number of rotatable bonds is 8. The van der Waals surface area contributed by atoms with Crippen LogP contribution >= 0.6 is 15.9 Å². The molecule has 2 N–H and O–H groups in total. The molecule has 0 saturated carbocycles. The summed E-state index contributed by atoms with van der Waals surface area (Å²) in [6, 6.07) is 5.38. The molecule has 2 amide bonds. The van der Waals surface area contributed by atoms with E-state index in [0.717, 1.165) is 34.9 Å². The molecule has 0 radical (unpaired) electrons. The number of aromatic hydroxyl groups is 1. The van der Waals surface area contributed by atoms with Gasteiger partial charge in [-0.1, -0.05) is 60.8 Å². The standard InChI is InChI=1S/C28H37BBrNO5/c1-5-11-31-27(33)21-14-20(16(3)4)25-22(26(21)28(31)34)15-29(35)36-24(25)10-7-17(6-2)12-18-13-19(30)8-9-23(18)32/h8-9,12-13,16,21-22,24,26,32,35H,5-7,10-11,14-15H2,1-4H3/b17-12+/t21-,22+,24-,26-/m1/s1. The first-order valence-electron chi connectivity index (χ1n) is 13.3. The normalized spacial score (nSPS) is 26.7. The predicted octanol–water partition coefficient (Wildman–Crippen LogP) is 5.59. The van der Waals surface area contributed by atoms with Crippen LogP contribution in [0.4, 0.5) is 0 Å². The van der Waals surface area contributed by atoms with Crippen LogP contribution in [0.25, 0.3) is 6.08 Å². The van der Waals surface area contributed by atoms with E-state index in [1.165, 1.54) is 16.0 Å². The second-order valence-corrected chi connectivity index (χ2v) is 11.5. The first kappa shape index (κ1) is 27.1. The highest BCUT2D eigenvalue weighted by atomic mass is 79.9.